The Kier molecular flexibility index (Phi) is 2.30. The third kappa shape index (κ3) is 1.36. The summed E-state index contributed by atoms with van der Waals surface area (Å²) in [6.07, 6.45) is 2.45. The van der Waals surface area contributed by atoms with Gasteiger partial charge in [0.15, 0.2) is 0 Å². The minimum atomic E-state index is 0.293. The summed E-state index contributed by atoms with van der Waals surface area (Å²) in [5, 5.41) is 6.29. The molecule has 2 aliphatic carbocycles. The average molecular weight is 315 g/mol. The molecule has 0 radical (unpaired) electrons. The molecule has 1 aromatic carbocycles. The second-order valence-electron chi connectivity index (χ2n) is 8.15. The number of thiol groups is 1. The van der Waals surface area contributed by atoms with Gasteiger partial charge in [-0.25, -0.2) is 0 Å². The molecule has 2 heterocycles. The maximum atomic E-state index is 2.60. The van der Waals surface area contributed by atoms with Crippen molar-refractivity contribution in [3.63, 3.8) is 0 Å². The molecule has 0 aromatic heterocycles. The number of benzene rings is 1. The summed E-state index contributed by atoms with van der Waals surface area (Å²) in [6, 6.07) is 5.20. The largest absolute Gasteiger partial charge is 0.196 e. The van der Waals surface area contributed by atoms with E-state index in [-0.39, 0.29) is 0 Å². The van der Waals surface area contributed by atoms with Crippen LogP contribution in [-0.4, -0.2) is 5.37 Å². The fourth-order valence-electron chi connectivity index (χ4n) is 4.99. The zero-order valence-electron chi connectivity index (χ0n) is 13.1. The Bertz CT molecular complexity index is 723. The highest BCUT2D eigenvalue weighted by Gasteiger charge is 2.52. The lowest BCUT2D eigenvalue weighted by Gasteiger charge is -2.33. The molecule has 2 heteroatoms. The molecule has 1 aromatic rings. The lowest BCUT2D eigenvalue weighted by molar-refractivity contribution is 0.418. The van der Waals surface area contributed by atoms with Crippen molar-refractivity contribution < 1.29 is 0 Å². The van der Waals surface area contributed by atoms with Gasteiger partial charge in [-0.1, -0.05) is 51.3 Å². The summed E-state index contributed by atoms with van der Waals surface area (Å²) in [5.41, 5.74) is 7.19. The number of fused-ring (bicyclic) bond motifs is 6. The quantitative estimate of drug-likeness (QED) is 0.512. The number of thioether (sulfide) groups is 1. The Morgan fingerprint density at radius 3 is 2.33 bits per heavy atom. The zero-order valence-corrected chi connectivity index (χ0v) is 14.8. The lowest BCUT2D eigenvalue weighted by atomic mass is 9.77. The van der Waals surface area contributed by atoms with E-state index in [1.54, 1.807) is 33.6 Å². The van der Waals surface area contributed by atoms with Gasteiger partial charge in [-0.2, -0.15) is 11.4 Å². The van der Waals surface area contributed by atoms with Crippen LogP contribution in [0.25, 0.3) is 0 Å². The first kappa shape index (κ1) is 13.0. The normalized spacial score (nSPS) is 39.0. The van der Waals surface area contributed by atoms with Crippen LogP contribution in [0.5, 0.6) is 0 Å². The van der Waals surface area contributed by atoms with Gasteiger partial charge in [-0.15, -0.1) is 11.8 Å². The molecule has 0 bridgehead atoms. The van der Waals surface area contributed by atoms with E-state index in [0.717, 1.165) is 11.2 Å². The van der Waals surface area contributed by atoms with Crippen molar-refractivity contribution >= 4 is 28.5 Å². The van der Waals surface area contributed by atoms with E-state index in [4.69, 9.17) is 0 Å². The standard InChI is InChI=1S/C19H22S2/c1-18(2)12-5-6-20-16(12)10-7-14-11(8-13(10)18)17-15(9-21-17)19(14,3)4/h5-9,12,15-17,21H,1-4H3. The molecule has 0 spiro atoms. The Labute approximate surface area is 135 Å². The minimum absolute atomic E-state index is 0.293. The van der Waals surface area contributed by atoms with E-state index < -0.39 is 0 Å². The minimum Gasteiger partial charge on any atom is -0.196 e. The van der Waals surface area contributed by atoms with Gasteiger partial charge in [-0.05, 0) is 38.5 Å². The van der Waals surface area contributed by atoms with Gasteiger partial charge >= 0.3 is 0 Å². The SMILES string of the molecule is CC1(C)c2cc3c(cc2C2SC=CC21)C(C)(C)C1C=[SH]C31. The van der Waals surface area contributed by atoms with E-state index in [2.05, 4.69) is 56.7 Å². The van der Waals surface area contributed by atoms with Gasteiger partial charge in [0.25, 0.3) is 0 Å². The summed E-state index contributed by atoms with van der Waals surface area (Å²) in [5.74, 6) is 1.45. The molecule has 0 saturated heterocycles. The molecule has 4 atom stereocenters. The summed E-state index contributed by atoms with van der Waals surface area (Å²) >= 11 is 3.57. The van der Waals surface area contributed by atoms with Crippen molar-refractivity contribution in [3.05, 3.63) is 45.9 Å². The third-order valence-electron chi connectivity index (χ3n) is 6.49. The van der Waals surface area contributed by atoms with Crippen LogP contribution in [0.2, 0.25) is 0 Å². The Morgan fingerprint density at radius 1 is 0.952 bits per heavy atom. The van der Waals surface area contributed by atoms with E-state index in [1.807, 2.05) is 11.8 Å². The lowest BCUT2D eigenvalue weighted by Crippen LogP contribution is -2.29. The topological polar surface area (TPSA) is 0 Å². The van der Waals surface area contributed by atoms with E-state index in [1.165, 1.54) is 0 Å². The third-order valence-corrected chi connectivity index (χ3v) is 9.06. The van der Waals surface area contributed by atoms with Crippen LogP contribution in [-0.2, 0) is 10.8 Å². The monoisotopic (exact) mass is 314 g/mol. The molecular weight excluding hydrogens is 292 g/mol. The second-order valence-corrected chi connectivity index (χ2v) is 10.4. The molecular formula is C19H22S2. The predicted octanol–water partition coefficient (Wildman–Crippen LogP) is 5.13. The zero-order chi connectivity index (χ0) is 14.6. The predicted molar refractivity (Wildman–Crippen MR) is 96.7 cm³/mol. The van der Waals surface area contributed by atoms with Gasteiger partial charge in [0.2, 0.25) is 0 Å². The highest BCUT2D eigenvalue weighted by atomic mass is 32.2. The van der Waals surface area contributed by atoms with Crippen LogP contribution in [0.15, 0.2) is 23.6 Å². The van der Waals surface area contributed by atoms with Crippen LogP contribution < -0.4 is 0 Å². The van der Waals surface area contributed by atoms with Crippen LogP contribution in [0, 0.1) is 11.8 Å². The summed E-state index contributed by atoms with van der Waals surface area (Å²) in [4.78, 5) is 0. The van der Waals surface area contributed by atoms with Crippen molar-refractivity contribution in [2.75, 3.05) is 0 Å². The van der Waals surface area contributed by atoms with Gasteiger partial charge in [0.1, 0.15) is 0 Å². The van der Waals surface area contributed by atoms with Gasteiger partial charge in [0.05, 0.1) is 0 Å². The van der Waals surface area contributed by atoms with Crippen molar-refractivity contribution in [2.45, 2.75) is 49.0 Å². The first-order valence-electron chi connectivity index (χ1n) is 7.96. The first-order chi connectivity index (χ1) is 9.92. The average Bonchev–Trinajstić information content (AvgIpc) is 2.94. The molecule has 2 aliphatic heterocycles. The van der Waals surface area contributed by atoms with Crippen molar-refractivity contribution in [1.82, 2.24) is 0 Å². The molecule has 0 nitrogen and oxygen atoms in total. The Morgan fingerprint density at radius 2 is 1.62 bits per heavy atom. The smallest absolute Gasteiger partial charge is 0.0412 e. The Balaban J connectivity index is 1.77. The fraction of sp³-hybridized carbons (Fsp3) is 0.526. The number of allylic oxidation sites excluding steroid dienone is 1. The van der Waals surface area contributed by atoms with Gasteiger partial charge in [-0.3, -0.25) is 0 Å². The van der Waals surface area contributed by atoms with Crippen LogP contribution >= 0.6 is 23.1 Å². The fourth-order valence-corrected chi connectivity index (χ4v) is 7.99. The van der Waals surface area contributed by atoms with Crippen molar-refractivity contribution in [2.24, 2.45) is 11.8 Å². The summed E-state index contributed by atoms with van der Waals surface area (Å²) in [6.45, 7) is 9.79. The summed E-state index contributed by atoms with van der Waals surface area (Å²) in [7, 11) is 0. The molecule has 5 rings (SSSR count). The molecule has 0 N–H and O–H groups in total. The number of rotatable bonds is 0. The Hall–Kier alpha value is -0.470. The molecule has 110 valence electrons. The molecule has 0 fully saturated rings. The van der Waals surface area contributed by atoms with E-state index in [0.29, 0.717) is 22.0 Å². The van der Waals surface area contributed by atoms with Crippen LogP contribution in [0.1, 0.15) is 60.4 Å². The van der Waals surface area contributed by atoms with Gasteiger partial charge in [0, 0.05) is 22.3 Å². The number of hydrogen-bond donors (Lipinski definition) is 1. The first-order valence-corrected chi connectivity index (χ1v) is 9.94. The van der Waals surface area contributed by atoms with Gasteiger partial charge < -0.3 is 0 Å². The van der Waals surface area contributed by atoms with E-state index in [9.17, 15) is 0 Å². The summed E-state index contributed by atoms with van der Waals surface area (Å²) < 4.78 is 0. The van der Waals surface area contributed by atoms with Crippen LogP contribution in [0.4, 0.5) is 0 Å². The molecule has 0 amide bonds. The van der Waals surface area contributed by atoms with Crippen molar-refractivity contribution in [3.8, 4) is 0 Å². The maximum absolute atomic E-state index is 2.60. The molecule has 4 aliphatic rings. The molecule has 4 unspecified atom stereocenters. The highest BCUT2D eigenvalue weighted by molar-refractivity contribution is 8.02. The number of hydrogen-bond acceptors (Lipinski definition) is 1. The second kappa shape index (κ2) is 3.71. The molecule has 0 saturated carbocycles. The van der Waals surface area contributed by atoms with E-state index >= 15 is 0 Å². The molecule has 21 heavy (non-hydrogen) atoms. The van der Waals surface area contributed by atoms with Crippen LogP contribution in [0.3, 0.4) is 0 Å². The highest BCUT2D eigenvalue weighted by Crippen LogP contribution is 2.63. The maximum Gasteiger partial charge on any atom is 0.0412 e. The van der Waals surface area contributed by atoms with Crippen molar-refractivity contribution in [1.29, 1.82) is 0 Å².